The summed E-state index contributed by atoms with van der Waals surface area (Å²) in [4.78, 5) is 0.268. The van der Waals surface area contributed by atoms with Crippen LogP contribution in [0.5, 0.6) is 0 Å². The molecule has 0 spiro atoms. The van der Waals surface area contributed by atoms with Crippen LogP contribution in [0.25, 0.3) is 0 Å². The summed E-state index contributed by atoms with van der Waals surface area (Å²) in [6.07, 6.45) is 2.07. The summed E-state index contributed by atoms with van der Waals surface area (Å²) >= 11 is 0. The van der Waals surface area contributed by atoms with Crippen molar-refractivity contribution in [1.82, 2.24) is 4.31 Å². The van der Waals surface area contributed by atoms with Crippen molar-refractivity contribution >= 4 is 10.0 Å². The second kappa shape index (κ2) is 7.29. The molecule has 0 saturated heterocycles. The van der Waals surface area contributed by atoms with E-state index in [2.05, 4.69) is 13.2 Å². The van der Waals surface area contributed by atoms with E-state index in [1.54, 1.807) is 30.3 Å². The smallest absolute Gasteiger partial charge is 0.264 e. The third-order valence-electron chi connectivity index (χ3n) is 3.51. The van der Waals surface area contributed by atoms with Gasteiger partial charge in [0.1, 0.15) is 0 Å². The van der Waals surface area contributed by atoms with E-state index in [9.17, 15) is 8.42 Å². The van der Waals surface area contributed by atoms with Crippen molar-refractivity contribution in [3.8, 4) is 0 Å². The molecule has 0 atom stereocenters. The lowest BCUT2D eigenvalue weighted by atomic mass is 10.2. The van der Waals surface area contributed by atoms with E-state index < -0.39 is 10.0 Å². The number of allylic oxidation sites excluding steroid dienone is 1. The summed E-state index contributed by atoms with van der Waals surface area (Å²) in [6, 6.07) is 16.3. The molecule has 2 aromatic carbocycles. The van der Waals surface area contributed by atoms with Gasteiger partial charge < -0.3 is 0 Å². The molecular formula is C19H21NO2S. The van der Waals surface area contributed by atoms with Crippen molar-refractivity contribution in [3.63, 3.8) is 0 Å². The summed E-state index contributed by atoms with van der Waals surface area (Å²) in [6.45, 7) is 9.78. The van der Waals surface area contributed by atoms with Crippen LogP contribution in [0.3, 0.4) is 0 Å². The molecular weight excluding hydrogens is 306 g/mol. The maximum atomic E-state index is 13.0. The average Bonchev–Trinajstić information content (AvgIpc) is 2.54. The normalized spacial score (nSPS) is 11.0. The number of nitrogens with zero attached hydrogens (tertiary/aromatic N) is 1. The summed E-state index contributed by atoms with van der Waals surface area (Å²) in [5, 5.41) is 0. The Labute approximate surface area is 138 Å². The van der Waals surface area contributed by atoms with Gasteiger partial charge in [-0.3, -0.25) is 4.31 Å². The van der Waals surface area contributed by atoms with Crippen LogP contribution in [-0.2, 0) is 16.6 Å². The highest BCUT2D eigenvalue weighted by Crippen LogP contribution is 2.24. The number of hydrogen-bond acceptors (Lipinski definition) is 2. The van der Waals surface area contributed by atoms with Gasteiger partial charge in [0.15, 0.2) is 0 Å². The number of aryl methyl sites for hydroxylation is 1. The monoisotopic (exact) mass is 327 g/mol. The summed E-state index contributed by atoms with van der Waals surface area (Å²) in [5.74, 6) is 0. The Morgan fingerprint density at radius 1 is 1.09 bits per heavy atom. The Balaban J connectivity index is 2.41. The van der Waals surface area contributed by atoms with Crippen LogP contribution in [-0.4, -0.2) is 12.7 Å². The van der Waals surface area contributed by atoms with Crippen molar-refractivity contribution < 1.29 is 8.42 Å². The highest BCUT2D eigenvalue weighted by atomic mass is 32.2. The maximum absolute atomic E-state index is 13.0. The standard InChI is InChI=1S/C19H21NO2S/c1-4-8-17(3)20(15-18-9-6-5-7-10-18)23(21,22)19-13-11-16(2)12-14-19/h4-7,9-14H,1,3,8,15H2,2H3. The van der Waals surface area contributed by atoms with Crippen LogP contribution in [0.4, 0.5) is 0 Å². The van der Waals surface area contributed by atoms with Crippen LogP contribution in [0, 0.1) is 6.92 Å². The van der Waals surface area contributed by atoms with Gasteiger partial charge in [-0.1, -0.05) is 60.7 Å². The van der Waals surface area contributed by atoms with Crippen LogP contribution < -0.4 is 0 Å². The average molecular weight is 327 g/mol. The molecule has 4 heteroatoms. The lowest BCUT2D eigenvalue weighted by Crippen LogP contribution is -2.29. The zero-order chi connectivity index (χ0) is 16.9. The molecule has 0 radical (unpaired) electrons. The van der Waals surface area contributed by atoms with Crippen molar-refractivity contribution in [1.29, 1.82) is 0 Å². The molecule has 0 unspecified atom stereocenters. The molecule has 0 heterocycles. The fourth-order valence-electron chi connectivity index (χ4n) is 2.22. The van der Waals surface area contributed by atoms with Gasteiger partial charge in [0, 0.05) is 12.1 Å². The quantitative estimate of drug-likeness (QED) is 0.712. The molecule has 2 rings (SSSR count). The molecule has 3 nitrogen and oxygen atoms in total. The molecule has 23 heavy (non-hydrogen) atoms. The predicted molar refractivity (Wildman–Crippen MR) is 94.3 cm³/mol. The molecule has 0 saturated carbocycles. The summed E-state index contributed by atoms with van der Waals surface area (Å²) in [7, 11) is -3.65. The van der Waals surface area contributed by atoms with Crippen molar-refractivity contribution in [2.75, 3.05) is 0 Å². The van der Waals surface area contributed by atoms with E-state index in [-0.39, 0.29) is 11.4 Å². The number of rotatable bonds is 7. The first kappa shape index (κ1) is 17.0. The minimum Gasteiger partial charge on any atom is -0.266 e. The number of sulfonamides is 1. The molecule has 0 fully saturated rings. The molecule has 0 N–H and O–H groups in total. The van der Waals surface area contributed by atoms with Gasteiger partial charge >= 0.3 is 0 Å². The molecule has 2 aromatic rings. The molecule has 0 bridgehead atoms. The van der Waals surface area contributed by atoms with Gasteiger partial charge in [0.05, 0.1) is 11.4 Å². The van der Waals surface area contributed by atoms with Crippen LogP contribution in [0.1, 0.15) is 17.5 Å². The van der Waals surface area contributed by atoms with Crippen molar-refractivity contribution in [2.45, 2.75) is 24.8 Å². The van der Waals surface area contributed by atoms with Crippen molar-refractivity contribution in [2.24, 2.45) is 0 Å². The highest BCUT2D eigenvalue weighted by molar-refractivity contribution is 7.89. The van der Waals surface area contributed by atoms with E-state index in [4.69, 9.17) is 0 Å². The minimum absolute atomic E-state index is 0.254. The Morgan fingerprint density at radius 3 is 2.26 bits per heavy atom. The van der Waals surface area contributed by atoms with Gasteiger partial charge in [-0.2, -0.15) is 0 Å². The second-order valence-corrected chi connectivity index (χ2v) is 7.23. The third-order valence-corrected chi connectivity index (χ3v) is 5.35. The molecule has 0 aliphatic rings. The van der Waals surface area contributed by atoms with Gasteiger partial charge in [-0.15, -0.1) is 6.58 Å². The van der Waals surface area contributed by atoms with Gasteiger partial charge in [-0.05, 0) is 24.6 Å². The zero-order valence-electron chi connectivity index (χ0n) is 13.3. The molecule has 0 aromatic heterocycles. The molecule has 0 amide bonds. The largest absolute Gasteiger partial charge is 0.266 e. The highest BCUT2D eigenvalue weighted by Gasteiger charge is 2.25. The first-order chi connectivity index (χ1) is 10.9. The second-order valence-electron chi connectivity index (χ2n) is 5.37. The van der Waals surface area contributed by atoms with Gasteiger partial charge in [-0.25, -0.2) is 8.42 Å². The lowest BCUT2D eigenvalue weighted by Gasteiger charge is -2.26. The SMILES string of the molecule is C=CCC(=C)N(Cc1ccccc1)S(=O)(=O)c1ccc(C)cc1. The first-order valence-electron chi connectivity index (χ1n) is 7.37. The third kappa shape index (κ3) is 4.11. The summed E-state index contributed by atoms with van der Waals surface area (Å²) < 4.78 is 27.3. The van der Waals surface area contributed by atoms with Gasteiger partial charge in [0.2, 0.25) is 0 Å². The predicted octanol–water partition coefficient (Wildman–Crippen LogP) is 4.28. The maximum Gasteiger partial charge on any atom is 0.264 e. The Kier molecular flexibility index (Phi) is 5.40. The van der Waals surface area contributed by atoms with Crippen LogP contribution >= 0.6 is 0 Å². The van der Waals surface area contributed by atoms with E-state index in [1.165, 1.54) is 4.31 Å². The van der Waals surface area contributed by atoms with E-state index >= 15 is 0 Å². The topological polar surface area (TPSA) is 37.4 Å². The Morgan fingerprint density at radius 2 is 1.70 bits per heavy atom. The van der Waals surface area contributed by atoms with Gasteiger partial charge in [0.25, 0.3) is 10.0 Å². The Hall–Kier alpha value is -2.33. The van der Waals surface area contributed by atoms with Crippen LogP contribution in [0.15, 0.2) is 84.4 Å². The zero-order valence-corrected chi connectivity index (χ0v) is 14.1. The van der Waals surface area contributed by atoms with Crippen molar-refractivity contribution in [3.05, 3.63) is 90.7 Å². The number of benzene rings is 2. The fourth-order valence-corrected chi connectivity index (χ4v) is 3.69. The molecule has 120 valence electrons. The van der Waals surface area contributed by atoms with E-state index in [1.807, 2.05) is 37.3 Å². The first-order valence-corrected chi connectivity index (χ1v) is 8.81. The van der Waals surface area contributed by atoms with Crippen LogP contribution in [0.2, 0.25) is 0 Å². The van der Waals surface area contributed by atoms with E-state index in [0.29, 0.717) is 12.1 Å². The minimum atomic E-state index is -3.65. The number of hydrogen-bond donors (Lipinski definition) is 0. The fraction of sp³-hybridized carbons (Fsp3) is 0.158. The summed E-state index contributed by atoms with van der Waals surface area (Å²) in [5.41, 5.74) is 2.43. The van der Waals surface area contributed by atoms with E-state index in [0.717, 1.165) is 11.1 Å². The molecule has 0 aliphatic heterocycles. The lowest BCUT2D eigenvalue weighted by molar-refractivity contribution is 0.467. The Bertz CT molecular complexity index is 778. The molecule has 0 aliphatic carbocycles.